The van der Waals surface area contributed by atoms with Crippen molar-refractivity contribution < 1.29 is 14.3 Å². The van der Waals surface area contributed by atoms with Gasteiger partial charge in [-0.15, -0.1) is 0 Å². The van der Waals surface area contributed by atoms with Gasteiger partial charge in [0.25, 0.3) is 0 Å². The van der Waals surface area contributed by atoms with E-state index >= 15 is 0 Å². The Balaban J connectivity index is 2.74. The van der Waals surface area contributed by atoms with Crippen LogP contribution in [0.2, 0.25) is 0 Å². The summed E-state index contributed by atoms with van der Waals surface area (Å²) in [5.74, 6) is 0.142. The molecule has 0 spiro atoms. The van der Waals surface area contributed by atoms with Gasteiger partial charge in [0.2, 0.25) is 0 Å². The molecule has 0 radical (unpaired) electrons. The summed E-state index contributed by atoms with van der Waals surface area (Å²) in [6.45, 7) is 0.501. The molecule has 0 unspecified atom stereocenters. The zero-order chi connectivity index (χ0) is 8.27. The Labute approximate surface area is 64.3 Å². The number of hydrogen-bond acceptors (Lipinski definition) is 5. The zero-order valence-corrected chi connectivity index (χ0v) is 6.43. The van der Waals surface area contributed by atoms with Crippen molar-refractivity contribution in [1.82, 2.24) is 10.9 Å². The molecular weight excluding hydrogens is 148 g/mol. The second kappa shape index (κ2) is 3.25. The largest absolute Gasteiger partial charge is 0.497 e. The van der Waals surface area contributed by atoms with Crippen LogP contribution >= 0.6 is 0 Å². The summed E-state index contributed by atoms with van der Waals surface area (Å²) < 4.78 is 9.39. The topological polar surface area (TPSA) is 59.6 Å². The molecule has 0 saturated heterocycles. The molecule has 0 amide bonds. The Morgan fingerprint density at radius 1 is 1.55 bits per heavy atom. The van der Waals surface area contributed by atoms with Crippen molar-refractivity contribution in [2.45, 2.75) is 0 Å². The molecule has 2 N–H and O–H groups in total. The Hall–Kier alpha value is -1.23. The second-order valence-electron chi connectivity index (χ2n) is 1.97. The van der Waals surface area contributed by atoms with Crippen molar-refractivity contribution >= 4 is 5.97 Å². The third-order valence-electron chi connectivity index (χ3n) is 1.38. The quantitative estimate of drug-likeness (QED) is 0.511. The van der Waals surface area contributed by atoms with Gasteiger partial charge in [-0.25, -0.2) is 10.2 Å². The van der Waals surface area contributed by atoms with E-state index in [9.17, 15) is 4.79 Å². The van der Waals surface area contributed by atoms with Crippen molar-refractivity contribution in [3.05, 3.63) is 11.5 Å². The number of ether oxygens (including phenoxy) is 2. The fourth-order valence-corrected chi connectivity index (χ4v) is 0.812. The lowest BCUT2D eigenvalue weighted by Gasteiger charge is -2.01. The minimum absolute atomic E-state index is 0.343. The van der Waals surface area contributed by atoms with Crippen molar-refractivity contribution in [1.29, 1.82) is 0 Å². The summed E-state index contributed by atoms with van der Waals surface area (Å²) in [4.78, 5) is 10.9. The maximum absolute atomic E-state index is 10.9. The molecule has 0 saturated carbocycles. The first kappa shape index (κ1) is 7.87. The standard InChI is InChI=1S/C6H10N2O3/c1-10-4-3-7-8-5(4)6(9)11-2/h7-8H,3H2,1-2H3. The van der Waals surface area contributed by atoms with Gasteiger partial charge in [0.05, 0.1) is 20.8 Å². The summed E-state index contributed by atoms with van der Waals surface area (Å²) >= 11 is 0. The molecular formula is C6H10N2O3. The van der Waals surface area contributed by atoms with E-state index in [1.165, 1.54) is 14.2 Å². The normalized spacial score (nSPS) is 16.2. The Bertz CT molecular complexity index is 200. The number of carbonyl (C=O) groups excluding carboxylic acids is 1. The van der Waals surface area contributed by atoms with Crippen LogP contribution in [0, 0.1) is 0 Å². The minimum atomic E-state index is -0.424. The van der Waals surface area contributed by atoms with E-state index in [4.69, 9.17) is 4.74 Å². The zero-order valence-electron chi connectivity index (χ0n) is 6.43. The number of methoxy groups -OCH3 is 2. The first-order chi connectivity index (χ1) is 5.29. The van der Waals surface area contributed by atoms with Crippen LogP contribution in [0.15, 0.2) is 11.5 Å². The molecule has 0 aromatic carbocycles. The van der Waals surface area contributed by atoms with Gasteiger partial charge < -0.3 is 14.9 Å². The number of esters is 1. The third kappa shape index (κ3) is 1.43. The molecule has 62 valence electrons. The SMILES string of the molecule is COC(=O)C1=C(OC)CNN1. The number of hydrazine groups is 1. The van der Waals surface area contributed by atoms with Crippen LogP contribution in [0.3, 0.4) is 0 Å². The molecule has 11 heavy (non-hydrogen) atoms. The molecule has 1 aliphatic heterocycles. The van der Waals surface area contributed by atoms with Gasteiger partial charge in [0.15, 0.2) is 5.70 Å². The number of hydrogen-bond donors (Lipinski definition) is 2. The third-order valence-corrected chi connectivity index (χ3v) is 1.38. The predicted molar refractivity (Wildman–Crippen MR) is 37.2 cm³/mol. The van der Waals surface area contributed by atoms with E-state index in [0.29, 0.717) is 18.0 Å². The van der Waals surface area contributed by atoms with Crippen LogP contribution in [0.4, 0.5) is 0 Å². The molecule has 5 heteroatoms. The number of carbonyl (C=O) groups is 1. The molecule has 0 bridgehead atoms. The average Bonchev–Trinajstić information content (AvgIpc) is 2.50. The van der Waals surface area contributed by atoms with Crippen molar-refractivity contribution in [2.24, 2.45) is 0 Å². The van der Waals surface area contributed by atoms with Gasteiger partial charge in [-0.3, -0.25) is 0 Å². The number of nitrogens with one attached hydrogen (secondary N) is 2. The van der Waals surface area contributed by atoms with Crippen LogP contribution < -0.4 is 10.9 Å². The van der Waals surface area contributed by atoms with Crippen LogP contribution in [-0.2, 0) is 14.3 Å². The first-order valence-corrected chi connectivity index (χ1v) is 3.14. The van der Waals surface area contributed by atoms with E-state index in [1.54, 1.807) is 0 Å². The van der Waals surface area contributed by atoms with Gasteiger partial charge in [-0.2, -0.15) is 0 Å². The molecule has 0 aromatic heterocycles. The summed E-state index contributed by atoms with van der Waals surface area (Å²) in [6.07, 6.45) is 0. The van der Waals surface area contributed by atoms with Gasteiger partial charge in [-0.05, 0) is 0 Å². The van der Waals surface area contributed by atoms with Crippen LogP contribution in [-0.4, -0.2) is 26.7 Å². The lowest BCUT2D eigenvalue weighted by Crippen LogP contribution is -2.27. The van der Waals surface area contributed by atoms with E-state index < -0.39 is 5.97 Å². The molecule has 1 heterocycles. The second-order valence-corrected chi connectivity index (χ2v) is 1.97. The highest BCUT2D eigenvalue weighted by Crippen LogP contribution is 2.06. The highest BCUT2D eigenvalue weighted by molar-refractivity contribution is 5.88. The highest BCUT2D eigenvalue weighted by atomic mass is 16.5. The molecule has 0 aromatic rings. The first-order valence-electron chi connectivity index (χ1n) is 3.14. The predicted octanol–water partition coefficient (Wildman–Crippen LogP) is -0.875. The van der Waals surface area contributed by atoms with Crippen LogP contribution in [0.5, 0.6) is 0 Å². The highest BCUT2D eigenvalue weighted by Gasteiger charge is 2.21. The van der Waals surface area contributed by atoms with Gasteiger partial charge in [-0.1, -0.05) is 0 Å². The van der Waals surface area contributed by atoms with E-state index in [-0.39, 0.29) is 0 Å². The maximum Gasteiger partial charge on any atom is 0.359 e. The Morgan fingerprint density at radius 2 is 2.27 bits per heavy atom. The molecule has 5 nitrogen and oxygen atoms in total. The van der Waals surface area contributed by atoms with Crippen molar-refractivity contribution in [3.63, 3.8) is 0 Å². The fraction of sp³-hybridized carbons (Fsp3) is 0.500. The molecule has 1 rings (SSSR count). The summed E-state index contributed by atoms with van der Waals surface area (Å²) in [5.41, 5.74) is 5.72. The van der Waals surface area contributed by atoms with Crippen molar-refractivity contribution in [3.8, 4) is 0 Å². The molecule has 1 aliphatic rings. The smallest absolute Gasteiger partial charge is 0.359 e. The molecule has 0 fully saturated rings. The summed E-state index contributed by atoms with van der Waals surface area (Å²) in [5, 5.41) is 0. The van der Waals surface area contributed by atoms with Crippen LogP contribution in [0.25, 0.3) is 0 Å². The van der Waals surface area contributed by atoms with Gasteiger partial charge in [0.1, 0.15) is 5.76 Å². The minimum Gasteiger partial charge on any atom is -0.497 e. The average molecular weight is 158 g/mol. The molecule has 0 atom stereocenters. The van der Waals surface area contributed by atoms with E-state index in [1.807, 2.05) is 0 Å². The Kier molecular flexibility index (Phi) is 2.32. The molecule has 0 aliphatic carbocycles. The fourth-order valence-electron chi connectivity index (χ4n) is 0.812. The lowest BCUT2D eigenvalue weighted by molar-refractivity contribution is -0.136. The van der Waals surface area contributed by atoms with Crippen LogP contribution in [0.1, 0.15) is 0 Å². The van der Waals surface area contributed by atoms with E-state index in [2.05, 4.69) is 15.6 Å². The summed E-state index contributed by atoms with van der Waals surface area (Å²) in [7, 11) is 2.83. The number of rotatable bonds is 2. The van der Waals surface area contributed by atoms with E-state index in [0.717, 1.165) is 0 Å². The van der Waals surface area contributed by atoms with Crippen molar-refractivity contribution in [2.75, 3.05) is 20.8 Å². The maximum atomic E-state index is 10.9. The summed E-state index contributed by atoms with van der Waals surface area (Å²) in [6, 6.07) is 0. The lowest BCUT2D eigenvalue weighted by atomic mass is 10.4. The monoisotopic (exact) mass is 158 g/mol. The Morgan fingerprint density at radius 3 is 2.82 bits per heavy atom. The van der Waals surface area contributed by atoms with Gasteiger partial charge in [0, 0.05) is 0 Å². The van der Waals surface area contributed by atoms with Gasteiger partial charge >= 0.3 is 5.97 Å².